The second-order valence-corrected chi connectivity index (χ2v) is 5.23. The normalized spacial score (nSPS) is 12.2. The van der Waals surface area contributed by atoms with Crippen molar-refractivity contribution >= 4 is 11.6 Å². The highest BCUT2D eigenvalue weighted by Gasteiger charge is 1.93. The Kier molecular flexibility index (Phi) is 12.1. The molecule has 0 saturated carbocycles. The molecule has 0 radical (unpaired) electrons. The van der Waals surface area contributed by atoms with Crippen molar-refractivity contribution in [1.29, 1.82) is 0 Å². The molecule has 6 heteroatoms. The van der Waals surface area contributed by atoms with E-state index in [-0.39, 0.29) is 11.6 Å². The third-order valence-corrected chi connectivity index (χ3v) is 2.73. The quantitative estimate of drug-likeness (QED) is 0.290. The minimum atomic E-state index is 0.0594. The molecular weight excluding hydrogens is 280 g/mol. The number of rotatable bonds is 13. The first-order valence-corrected chi connectivity index (χ1v) is 7.68. The van der Waals surface area contributed by atoms with E-state index in [1.54, 1.807) is 26.0 Å². The summed E-state index contributed by atoms with van der Waals surface area (Å²) in [5, 5.41) is 12.9. The van der Waals surface area contributed by atoms with E-state index < -0.39 is 0 Å². The Morgan fingerprint density at radius 1 is 0.636 bits per heavy atom. The van der Waals surface area contributed by atoms with Crippen LogP contribution >= 0.6 is 0 Å². The van der Waals surface area contributed by atoms with Gasteiger partial charge in [0, 0.05) is 50.7 Å². The number of allylic oxidation sites excluding steroid dienone is 4. The van der Waals surface area contributed by atoms with Gasteiger partial charge in [-0.25, -0.2) is 0 Å². The van der Waals surface area contributed by atoms with E-state index in [9.17, 15) is 9.59 Å². The van der Waals surface area contributed by atoms with E-state index in [0.717, 1.165) is 50.7 Å². The number of carbonyl (C=O) groups is 2. The molecule has 0 amide bonds. The van der Waals surface area contributed by atoms with Gasteiger partial charge in [0.25, 0.3) is 0 Å². The van der Waals surface area contributed by atoms with E-state index in [2.05, 4.69) is 21.3 Å². The molecule has 0 atom stereocenters. The van der Waals surface area contributed by atoms with Gasteiger partial charge in [0.05, 0.1) is 0 Å². The molecule has 0 bridgehead atoms. The topological polar surface area (TPSA) is 82.3 Å². The van der Waals surface area contributed by atoms with Gasteiger partial charge in [0.2, 0.25) is 0 Å². The lowest BCUT2D eigenvalue weighted by atomic mass is 10.3. The smallest absolute Gasteiger partial charge is 0.154 e. The number of hydrogen-bond donors (Lipinski definition) is 4. The van der Waals surface area contributed by atoms with E-state index in [1.165, 1.54) is 0 Å². The van der Waals surface area contributed by atoms with Crippen molar-refractivity contribution in [3.8, 4) is 0 Å². The first kappa shape index (κ1) is 20.3. The molecule has 0 aliphatic carbocycles. The first-order valence-electron chi connectivity index (χ1n) is 7.68. The van der Waals surface area contributed by atoms with E-state index >= 15 is 0 Å². The van der Waals surface area contributed by atoms with Gasteiger partial charge in [-0.1, -0.05) is 0 Å². The molecule has 6 nitrogen and oxygen atoms in total. The largest absolute Gasteiger partial charge is 0.387 e. The van der Waals surface area contributed by atoms with Crippen LogP contribution in [-0.4, -0.2) is 50.8 Å². The highest BCUT2D eigenvalue weighted by molar-refractivity contribution is 5.88. The molecule has 0 aliphatic heterocycles. The van der Waals surface area contributed by atoms with Gasteiger partial charge in [0.15, 0.2) is 11.6 Å². The molecule has 0 heterocycles. The Morgan fingerprint density at radius 3 is 1.27 bits per heavy atom. The Hall–Kier alpha value is -1.66. The Labute approximate surface area is 133 Å². The van der Waals surface area contributed by atoms with Crippen LogP contribution in [0.25, 0.3) is 0 Å². The van der Waals surface area contributed by atoms with Gasteiger partial charge in [-0.3, -0.25) is 9.59 Å². The zero-order chi connectivity index (χ0) is 16.8. The fourth-order valence-corrected chi connectivity index (χ4v) is 1.83. The standard InChI is InChI=1S/C16H30N4O2/c1-13(11-15(3)21)19-9-7-17-5-6-18-8-10-20-14(2)12-16(4)22/h11-12,17-20H,5-10H2,1-4H3. The molecule has 0 saturated heterocycles. The van der Waals surface area contributed by atoms with Crippen LogP contribution in [-0.2, 0) is 9.59 Å². The summed E-state index contributed by atoms with van der Waals surface area (Å²) in [5.74, 6) is 0.119. The summed E-state index contributed by atoms with van der Waals surface area (Å²) in [6.45, 7) is 11.9. The van der Waals surface area contributed by atoms with Crippen molar-refractivity contribution in [1.82, 2.24) is 21.3 Å². The van der Waals surface area contributed by atoms with Crippen LogP contribution in [0.5, 0.6) is 0 Å². The van der Waals surface area contributed by atoms with E-state index in [4.69, 9.17) is 0 Å². The predicted octanol–water partition coefficient (Wildman–Crippen LogP) is 0.330. The summed E-state index contributed by atoms with van der Waals surface area (Å²) in [7, 11) is 0. The highest BCUT2D eigenvalue weighted by Crippen LogP contribution is 1.86. The van der Waals surface area contributed by atoms with Gasteiger partial charge in [-0.15, -0.1) is 0 Å². The lowest BCUT2D eigenvalue weighted by molar-refractivity contribution is -0.113. The SMILES string of the molecule is CC(=O)C=C(C)NCCNCCNCCNC(C)=CC(C)=O. The minimum Gasteiger partial charge on any atom is -0.387 e. The van der Waals surface area contributed by atoms with Crippen LogP contribution in [0.15, 0.2) is 23.5 Å². The lowest BCUT2D eigenvalue weighted by Gasteiger charge is -2.09. The third kappa shape index (κ3) is 14.7. The van der Waals surface area contributed by atoms with E-state index in [0.29, 0.717) is 0 Å². The molecule has 0 aromatic heterocycles. The van der Waals surface area contributed by atoms with Gasteiger partial charge in [0.1, 0.15) is 0 Å². The Morgan fingerprint density at radius 2 is 0.955 bits per heavy atom. The number of hydrogen-bond acceptors (Lipinski definition) is 6. The monoisotopic (exact) mass is 310 g/mol. The van der Waals surface area contributed by atoms with Crippen LogP contribution in [0.3, 0.4) is 0 Å². The average molecular weight is 310 g/mol. The molecule has 0 aliphatic rings. The third-order valence-electron chi connectivity index (χ3n) is 2.73. The summed E-state index contributed by atoms with van der Waals surface area (Å²) in [5.41, 5.74) is 1.79. The lowest BCUT2D eigenvalue weighted by Crippen LogP contribution is -2.34. The van der Waals surface area contributed by atoms with Gasteiger partial charge < -0.3 is 21.3 Å². The van der Waals surface area contributed by atoms with Gasteiger partial charge in [-0.05, 0) is 39.8 Å². The van der Waals surface area contributed by atoms with Crippen LogP contribution in [0.4, 0.5) is 0 Å². The molecule has 0 spiro atoms. The van der Waals surface area contributed by atoms with Gasteiger partial charge >= 0.3 is 0 Å². The van der Waals surface area contributed by atoms with Crippen molar-refractivity contribution < 1.29 is 9.59 Å². The molecule has 0 rings (SSSR count). The molecule has 0 aromatic rings. The molecule has 0 fully saturated rings. The molecule has 0 aromatic carbocycles. The zero-order valence-corrected chi connectivity index (χ0v) is 14.2. The minimum absolute atomic E-state index is 0.0594. The fraction of sp³-hybridized carbons (Fsp3) is 0.625. The maximum Gasteiger partial charge on any atom is 0.154 e. The summed E-state index contributed by atoms with van der Waals surface area (Å²) in [4.78, 5) is 21.7. The van der Waals surface area contributed by atoms with Crippen molar-refractivity contribution in [2.45, 2.75) is 27.7 Å². The van der Waals surface area contributed by atoms with E-state index in [1.807, 2.05) is 13.8 Å². The predicted molar refractivity (Wildman–Crippen MR) is 90.6 cm³/mol. The zero-order valence-electron chi connectivity index (χ0n) is 14.2. The molecule has 0 unspecified atom stereocenters. The number of ketones is 2. The van der Waals surface area contributed by atoms with Crippen molar-refractivity contribution in [3.05, 3.63) is 23.5 Å². The van der Waals surface area contributed by atoms with Crippen LogP contribution in [0.2, 0.25) is 0 Å². The average Bonchev–Trinajstić information content (AvgIpc) is 2.39. The maximum absolute atomic E-state index is 10.8. The highest BCUT2D eigenvalue weighted by atomic mass is 16.1. The van der Waals surface area contributed by atoms with Crippen molar-refractivity contribution in [3.63, 3.8) is 0 Å². The van der Waals surface area contributed by atoms with Crippen LogP contribution in [0.1, 0.15) is 27.7 Å². The first-order chi connectivity index (χ1) is 10.4. The molecular formula is C16H30N4O2. The number of nitrogens with one attached hydrogen (secondary N) is 4. The molecule has 126 valence electrons. The second kappa shape index (κ2) is 13.0. The molecule has 22 heavy (non-hydrogen) atoms. The van der Waals surface area contributed by atoms with Crippen molar-refractivity contribution in [2.24, 2.45) is 0 Å². The summed E-state index contributed by atoms with van der Waals surface area (Å²) in [6, 6.07) is 0. The van der Waals surface area contributed by atoms with Crippen molar-refractivity contribution in [2.75, 3.05) is 39.3 Å². The summed E-state index contributed by atoms with van der Waals surface area (Å²) >= 11 is 0. The summed E-state index contributed by atoms with van der Waals surface area (Å²) < 4.78 is 0. The number of carbonyl (C=O) groups excluding carboxylic acids is 2. The fourth-order valence-electron chi connectivity index (χ4n) is 1.83. The maximum atomic E-state index is 10.8. The van der Waals surface area contributed by atoms with Crippen LogP contribution < -0.4 is 21.3 Å². The van der Waals surface area contributed by atoms with Crippen LogP contribution in [0, 0.1) is 0 Å². The second-order valence-electron chi connectivity index (χ2n) is 5.23. The Balaban J connectivity index is 3.38. The summed E-state index contributed by atoms with van der Waals surface area (Å²) in [6.07, 6.45) is 3.19. The Bertz CT molecular complexity index is 365. The molecule has 4 N–H and O–H groups in total. The van der Waals surface area contributed by atoms with Gasteiger partial charge in [-0.2, -0.15) is 0 Å².